The molecule has 18 heavy (non-hydrogen) atoms. The van der Waals surface area contributed by atoms with E-state index in [1.165, 1.54) is 5.56 Å². The van der Waals surface area contributed by atoms with Crippen molar-refractivity contribution >= 4 is 11.3 Å². The molecular weight excluding hydrogens is 244 g/mol. The highest BCUT2D eigenvalue weighted by Gasteiger charge is 1.99. The Hall–Kier alpha value is -1.39. The average molecular weight is 262 g/mol. The lowest BCUT2D eigenvalue weighted by molar-refractivity contribution is 0.302. The molecule has 2 aromatic rings. The van der Waals surface area contributed by atoms with Gasteiger partial charge in [-0.1, -0.05) is 19.1 Å². The van der Waals surface area contributed by atoms with Crippen LogP contribution in [0.15, 0.2) is 35.2 Å². The summed E-state index contributed by atoms with van der Waals surface area (Å²) in [6.07, 6.45) is 1.15. The van der Waals surface area contributed by atoms with Gasteiger partial charge in [0.05, 0.1) is 11.2 Å². The quantitative estimate of drug-likeness (QED) is 0.778. The third-order valence-electron chi connectivity index (χ3n) is 2.52. The molecule has 0 bridgehead atoms. The van der Waals surface area contributed by atoms with E-state index in [1.807, 2.05) is 23.0 Å². The summed E-state index contributed by atoms with van der Waals surface area (Å²) >= 11 is 1.59. The number of hydrogen-bond donors (Lipinski definition) is 1. The van der Waals surface area contributed by atoms with Crippen LogP contribution in [0.2, 0.25) is 0 Å². The van der Waals surface area contributed by atoms with Crippen LogP contribution in [0.1, 0.15) is 24.6 Å². The smallest absolute Gasteiger partial charge is 0.131 e. The lowest BCUT2D eigenvalue weighted by Crippen LogP contribution is -2.13. The van der Waals surface area contributed by atoms with E-state index in [0.29, 0.717) is 6.61 Å². The van der Waals surface area contributed by atoms with E-state index >= 15 is 0 Å². The Morgan fingerprint density at radius 1 is 1.39 bits per heavy atom. The lowest BCUT2D eigenvalue weighted by atomic mass is 10.2. The van der Waals surface area contributed by atoms with E-state index in [-0.39, 0.29) is 0 Å². The molecule has 4 heteroatoms. The van der Waals surface area contributed by atoms with E-state index in [2.05, 4.69) is 29.4 Å². The van der Waals surface area contributed by atoms with E-state index in [0.717, 1.165) is 31.0 Å². The number of ether oxygens (including phenoxy) is 1. The van der Waals surface area contributed by atoms with E-state index in [1.54, 1.807) is 11.3 Å². The van der Waals surface area contributed by atoms with Crippen molar-refractivity contribution in [2.24, 2.45) is 0 Å². The fourth-order valence-electron chi connectivity index (χ4n) is 1.62. The Bertz CT molecular complexity index is 457. The first-order valence-electron chi connectivity index (χ1n) is 6.18. The van der Waals surface area contributed by atoms with Gasteiger partial charge in [-0.15, -0.1) is 11.3 Å². The topological polar surface area (TPSA) is 34.1 Å². The van der Waals surface area contributed by atoms with Crippen LogP contribution in [0.25, 0.3) is 0 Å². The van der Waals surface area contributed by atoms with Gasteiger partial charge < -0.3 is 10.1 Å². The second kappa shape index (κ2) is 7.13. The zero-order valence-corrected chi connectivity index (χ0v) is 11.4. The molecule has 96 valence electrons. The molecule has 0 unspecified atom stereocenters. The summed E-state index contributed by atoms with van der Waals surface area (Å²) < 4.78 is 5.71. The fourth-order valence-corrected chi connectivity index (χ4v) is 2.16. The number of benzene rings is 1. The maximum Gasteiger partial charge on any atom is 0.131 e. The first-order chi connectivity index (χ1) is 8.88. The minimum atomic E-state index is 0.537. The minimum absolute atomic E-state index is 0.537. The number of thiazole rings is 1. The SMILES string of the molecule is CCCNCc1cccc(OCc2cscn2)c1. The van der Waals surface area contributed by atoms with Crippen LogP contribution in [0.3, 0.4) is 0 Å². The van der Waals surface area contributed by atoms with Crippen LogP contribution < -0.4 is 10.1 Å². The molecule has 3 nitrogen and oxygen atoms in total. The van der Waals surface area contributed by atoms with Crippen molar-refractivity contribution in [1.29, 1.82) is 0 Å². The molecule has 0 radical (unpaired) electrons. The van der Waals surface area contributed by atoms with Crippen molar-refractivity contribution in [1.82, 2.24) is 10.3 Å². The van der Waals surface area contributed by atoms with Gasteiger partial charge in [-0.25, -0.2) is 4.98 Å². The van der Waals surface area contributed by atoms with E-state index in [4.69, 9.17) is 4.74 Å². The molecule has 1 heterocycles. The number of nitrogens with zero attached hydrogens (tertiary/aromatic N) is 1. The highest BCUT2D eigenvalue weighted by molar-refractivity contribution is 7.07. The number of nitrogens with one attached hydrogen (secondary N) is 1. The lowest BCUT2D eigenvalue weighted by Gasteiger charge is -2.07. The second-order valence-electron chi connectivity index (χ2n) is 4.09. The second-order valence-corrected chi connectivity index (χ2v) is 4.81. The molecule has 0 amide bonds. The van der Waals surface area contributed by atoms with E-state index in [9.17, 15) is 0 Å². The Kier molecular flexibility index (Phi) is 5.17. The molecule has 0 aliphatic heterocycles. The van der Waals surface area contributed by atoms with Gasteiger partial charge in [0.15, 0.2) is 0 Å². The molecule has 1 aromatic heterocycles. The van der Waals surface area contributed by atoms with Crippen LogP contribution in [0.4, 0.5) is 0 Å². The Balaban J connectivity index is 1.86. The highest BCUT2D eigenvalue weighted by atomic mass is 32.1. The van der Waals surface area contributed by atoms with Crippen LogP contribution >= 0.6 is 11.3 Å². The maximum absolute atomic E-state index is 5.71. The summed E-state index contributed by atoms with van der Waals surface area (Å²) in [5, 5.41) is 5.39. The maximum atomic E-state index is 5.71. The molecular formula is C14H18N2OS. The van der Waals surface area contributed by atoms with Gasteiger partial charge in [0.2, 0.25) is 0 Å². The van der Waals surface area contributed by atoms with E-state index < -0.39 is 0 Å². The van der Waals surface area contributed by atoms with Gasteiger partial charge in [-0.3, -0.25) is 0 Å². The minimum Gasteiger partial charge on any atom is -0.487 e. The van der Waals surface area contributed by atoms with Crippen molar-refractivity contribution in [2.45, 2.75) is 26.5 Å². The fraction of sp³-hybridized carbons (Fsp3) is 0.357. The molecule has 0 aliphatic rings. The van der Waals surface area contributed by atoms with Gasteiger partial charge in [0, 0.05) is 11.9 Å². The summed E-state index contributed by atoms with van der Waals surface area (Å²) in [6, 6.07) is 8.20. The number of hydrogen-bond acceptors (Lipinski definition) is 4. The first-order valence-corrected chi connectivity index (χ1v) is 7.12. The van der Waals surface area contributed by atoms with Crippen LogP contribution in [-0.4, -0.2) is 11.5 Å². The van der Waals surface area contributed by atoms with Crippen LogP contribution in [-0.2, 0) is 13.2 Å². The van der Waals surface area contributed by atoms with Crippen molar-refractivity contribution in [3.63, 3.8) is 0 Å². The molecule has 0 aliphatic carbocycles. The summed E-state index contributed by atoms with van der Waals surface area (Å²) in [5.74, 6) is 0.902. The monoisotopic (exact) mass is 262 g/mol. The Labute approximate surface area is 112 Å². The predicted molar refractivity (Wildman–Crippen MR) is 74.9 cm³/mol. The highest BCUT2D eigenvalue weighted by Crippen LogP contribution is 2.15. The van der Waals surface area contributed by atoms with Crippen LogP contribution in [0.5, 0.6) is 5.75 Å². The van der Waals surface area contributed by atoms with Gasteiger partial charge >= 0.3 is 0 Å². The summed E-state index contributed by atoms with van der Waals surface area (Å²) in [6.45, 7) is 4.64. The third-order valence-corrected chi connectivity index (χ3v) is 3.16. The van der Waals surface area contributed by atoms with Crippen LogP contribution in [0, 0.1) is 0 Å². The average Bonchev–Trinajstić information content (AvgIpc) is 2.90. The zero-order chi connectivity index (χ0) is 12.6. The molecule has 0 saturated carbocycles. The summed E-state index contributed by atoms with van der Waals surface area (Å²) in [4.78, 5) is 4.20. The molecule has 0 saturated heterocycles. The largest absolute Gasteiger partial charge is 0.487 e. The summed E-state index contributed by atoms with van der Waals surface area (Å²) in [7, 11) is 0. The molecule has 0 atom stereocenters. The molecule has 1 aromatic carbocycles. The standard InChI is InChI=1S/C14H18N2OS/c1-2-6-15-8-12-4-3-5-14(7-12)17-9-13-10-18-11-16-13/h3-5,7,10-11,15H,2,6,8-9H2,1H3. The van der Waals surface area contributed by atoms with Crippen molar-refractivity contribution in [2.75, 3.05) is 6.54 Å². The first kappa shape index (κ1) is 13.1. The van der Waals surface area contributed by atoms with Gasteiger partial charge in [-0.2, -0.15) is 0 Å². The predicted octanol–water partition coefficient (Wildman–Crippen LogP) is 3.22. The number of rotatable bonds is 7. The zero-order valence-electron chi connectivity index (χ0n) is 10.6. The third kappa shape index (κ3) is 4.13. The summed E-state index contributed by atoms with van der Waals surface area (Å²) in [5.41, 5.74) is 4.05. The molecule has 0 fully saturated rings. The Morgan fingerprint density at radius 3 is 3.11 bits per heavy atom. The van der Waals surface area contributed by atoms with Gasteiger partial charge in [-0.05, 0) is 30.7 Å². The van der Waals surface area contributed by atoms with Gasteiger partial charge in [0.25, 0.3) is 0 Å². The van der Waals surface area contributed by atoms with Gasteiger partial charge in [0.1, 0.15) is 12.4 Å². The van der Waals surface area contributed by atoms with Crippen molar-refractivity contribution in [3.8, 4) is 5.75 Å². The van der Waals surface area contributed by atoms with Crippen molar-refractivity contribution < 1.29 is 4.74 Å². The molecule has 2 rings (SSSR count). The molecule has 0 spiro atoms. The van der Waals surface area contributed by atoms with Crippen molar-refractivity contribution in [3.05, 3.63) is 46.4 Å². The number of aromatic nitrogens is 1. The molecule has 1 N–H and O–H groups in total. The normalized spacial score (nSPS) is 10.5. The Morgan fingerprint density at radius 2 is 2.33 bits per heavy atom.